The maximum absolute atomic E-state index is 11.8. The first kappa shape index (κ1) is 18.1. The molecule has 0 saturated carbocycles. The van der Waals surface area contributed by atoms with E-state index in [0.717, 1.165) is 5.56 Å². The summed E-state index contributed by atoms with van der Waals surface area (Å²) >= 11 is 0. The minimum absolute atomic E-state index is 0.120. The Morgan fingerprint density at radius 2 is 2.04 bits per heavy atom. The van der Waals surface area contributed by atoms with Crippen molar-refractivity contribution < 1.29 is 28.9 Å². The standard InChI is InChI=1S/C18H17N3O6/c1-25-14-4-2-3-12(16(14)22)9-20-21-18(24)17(23)19-8-11-5-6-13-15(7-11)27-10-26-13/h2-7,9,22H,8,10H2,1H3,(H,19,23)(H,21,24)/b20-9+. The van der Waals surface area contributed by atoms with E-state index in [0.29, 0.717) is 17.1 Å². The van der Waals surface area contributed by atoms with E-state index >= 15 is 0 Å². The summed E-state index contributed by atoms with van der Waals surface area (Å²) in [7, 11) is 1.42. The van der Waals surface area contributed by atoms with Gasteiger partial charge >= 0.3 is 11.8 Å². The molecular weight excluding hydrogens is 354 g/mol. The number of hydrazone groups is 1. The summed E-state index contributed by atoms with van der Waals surface area (Å²) in [5.41, 5.74) is 3.18. The molecule has 3 rings (SSSR count). The molecule has 1 aliphatic heterocycles. The van der Waals surface area contributed by atoms with Crippen LogP contribution in [0.4, 0.5) is 0 Å². The molecule has 9 nitrogen and oxygen atoms in total. The zero-order chi connectivity index (χ0) is 19.2. The third-order valence-corrected chi connectivity index (χ3v) is 3.72. The van der Waals surface area contributed by atoms with E-state index < -0.39 is 11.8 Å². The first-order valence-electron chi connectivity index (χ1n) is 7.94. The van der Waals surface area contributed by atoms with E-state index in [1.807, 2.05) is 0 Å². The van der Waals surface area contributed by atoms with Gasteiger partial charge in [0.1, 0.15) is 0 Å². The molecule has 0 spiro atoms. The molecule has 0 bridgehead atoms. The van der Waals surface area contributed by atoms with E-state index in [9.17, 15) is 14.7 Å². The van der Waals surface area contributed by atoms with Gasteiger partial charge in [-0.1, -0.05) is 12.1 Å². The molecule has 0 aromatic heterocycles. The summed E-state index contributed by atoms with van der Waals surface area (Å²) in [5, 5.41) is 16.1. The molecular formula is C18H17N3O6. The molecule has 1 heterocycles. The molecule has 0 saturated heterocycles. The second-order valence-corrected chi connectivity index (χ2v) is 5.47. The second kappa shape index (κ2) is 8.09. The number of carbonyl (C=O) groups is 2. The lowest BCUT2D eigenvalue weighted by molar-refractivity contribution is -0.139. The molecule has 2 aromatic carbocycles. The smallest absolute Gasteiger partial charge is 0.329 e. The third kappa shape index (κ3) is 4.27. The Balaban J connectivity index is 1.51. The van der Waals surface area contributed by atoms with Crippen molar-refractivity contribution in [1.82, 2.24) is 10.7 Å². The molecule has 2 aromatic rings. The highest BCUT2D eigenvalue weighted by Crippen LogP contribution is 2.32. The maximum atomic E-state index is 11.8. The Morgan fingerprint density at radius 3 is 2.85 bits per heavy atom. The van der Waals surface area contributed by atoms with Crippen LogP contribution >= 0.6 is 0 Å². The van der Waals surface area contributed by atoms with Gasteiger partial charge in [0.05, 0.1) is 13.3 Å². The van der Waals surface area contributed by atoms with Gasteiger partial charge in [-0.15, -0.1) is 0 Å². The Labute approximate surface area is 154 Å². The number of rotatable bonds is 5. The third-order valence-electron chi connectivity index (χ3n) is 3.72. The summed E-state index contributed by atoms with van der Waals surface area (Å²) in [6.45, 7) is 0.303. The monoisotopic (exact) mass is 371 g/mol. The minimum atomic E-state index is -0.936. The first-order chi connectivity index (χ1) is 13.1. The normalized spacial score (nSPS) is 12.0. The molecule has 9 heteroatoms. The lowest BCUT2D eigenvalue weighted by Crippen LogP contribution is -2.37. The molecule has 2 amide bonds. The molecule has 140 valence electrons. The highest BCUT2D eigenvalue weighted by atomic mass is 16.7. The van der Waals surface area contributed by atoms with Crippen LogP contribution in [0, 0.1) is 0 Å². The molecule has 0 fully saturated rings. The van der Waals surface area contributed by atoms with Gasteiger partial charge in [-0.05, 0) is 29.8 Å². The van der Waals surface area contributed by atoms with Gasteiger partial charge in [-0.2, -0.15) is 5.10 Å². The largest absolute Gasteiger partial charge is 0.504 e. The Hall–Kier alpha value is -3.75. The van der Waals surface area contributed by atoms with Gasteiger partial charge in [0, 0.05) is 12.1 Å². The molecule has 0 radical (unpaired) electrons. The molecule has 1 aliphatic rings. The number of aromatic hydroxyl groups is 1. The summed E-state index contributed by atoms with van der Waals surface area (Å²) in [4.78, 5) is 23.6. The van der Waals surface area contributed by atoms with Crippen molar-refractivity contribution in [2.24, 2.45) is 5.10 Å². The van der Waals surface area contributed by atoms with Crippen LogP contribution in [-0.2, 0) is 16.1 Å². The highest BCUT2D eigenvalue weighted by Gasteiger charge is 2.15. The maximum Gasteiger partial charge on any atom is 0.329 e. The number of nitrogens with zero attached hydrogens (tertiary/aromatic N) is 1. The van der Waals surface area contributed by atoms with Crippen LogP contribution in [0.2, 0.25) is 0 Å². The number of benzene rings is 2. The summed E-state index contributed by atoms with van der Waals surface area (Å²) < 4.78 is 15.4. The number of nitrogens with one attached hydrogen (secondary N) is 2. The van der Waals surface area contributed by atoms with Crippen LogP contribution in [-0.4, -0.2) is 37.0 Å². The van der Waals surface area contributed by atoms with Gasteiger partial charge in [0.15, 0.2) is 23.0 Å². The molecule has 0 aliphatic carbocycles. The molecule has 0 atom stereocenters. The predicted molar refractivity (Wildman–Crippen MR) is 94.8 cm³/mol. The summed E-state index contributed by atoms with van der Waals surface area (Å²) in [5.74, 6) is -0.405. The van der Waals surface area contributed by atoms with Crippen molar-refractivity contribution in [2.45, 2.75) is 6.54 Å². The van der Waals surface area contributed by atoms with Crippen molar-refractivity contribution >= 4 is 18.0 Å². The van der Waals surface area contributed by atoms with Crippen molar-refractivity contribution in [3.63, 3.8) is 0 Å². The Morgan fingerprint density at radius 1 is 1.22 bits per heavy atom. The minimum Gasteiger partial charge on any atom is -0.504 e. The van der Waals surface area contributed by atoms with E-state index in [1.165, 1.54) is 13.3 Å². The fraction of sp³-hybridized carbons (Fsp3) is 0.167. The van der Waals surface area contributed by atoms with Crippen LogP contribution in [0.25, 0.3) is 0 Å². The Bertz CT molecular complexity index is 897. The van der Waals surface area contributed by atoms with Gasteiger partial charge in [0.2, 0.25) is 6.79 Å². The average Bonchev–Trinajstić information content (AvgIpc) is 3.15. The van der Waals surface area contributed by atoms with Crippen molar-refractivity contribution in [1.29, 1.82) is 0 Å². The molecule has 0 unspecified atom stereocenters. The van der Waals surface area contributed by atoms with Gasteiger partial charge in [-0.3, -0.25) is 9.59 Å². The number of phenolic OH excluding ortho intramolecular Hbond substituents is 1. The van der Waals surface area contributed by atoms with E-state index in [2.05, 4.69) is 15.8 Å². The fourth-order valence-corrected chi connectivity index (χ4v) is 2.33. The number of para-hydroxylation sites is 1. The molecule has 3 N–H and O–H groups in total. The van der Waals surface area contributed by atoms with Crippen molar-refractivity contribution in [2.75, 3.05) is 13.9 Å². The van der Waals surface area contributed by atoms with Crippen molar-refractivity contribution in [3.8, 4) is 23.0 Å². The second-order valence-electron chi connectivity index (χ2n) is 5.47. The zero-order valence-electron chi connectivity index (χ0n) is 14.4. The number of hydrogen-bond donors (Lipinski definition) is 3. The average molecular weight is 371 g/mol. The SMILES string of the molecule is COc1cccc(/C=N/NC(=O)C(=O)NCc2ccc3c(c2)OCO3)c1O. The van der Waals surface area contributed by atoms with Crippen LogP contribution in [0.5, 0.6) is 23.0 Å². The fourth-order valence-electron chi connectivity index (χ4n) is 2.33. The number of ether oxygens (including phenoxy) is 3. The number of carbonyl (C=O) groups excluding carboxylic acids is 2. The quantitative estimate of drug-likeness (QED) is 0.408. The van der Waals surface area contributed by atoms with E-state index in [1.54, 1.807) is 36.4 Å². The predicted octanol–water partition coefficient (Wildman–Crippen LogP) is 0.896. The van der Waals surface area contributed by atoms with Gasteiger partial charge < -0.3 is 24.6 Å². The van der Waals surface area contributed by atoms with E-state index in [-0.39, 0.29) is 24.8 Å². The van der Waals surface area contributed by atoms with Crippen LogP contribution in [0.1, 0.15) is 11.1 Å². The topological polar surface area (TPSA) is 118 Å². The number of methoxy groups -OCH3 is 1. The Kier molecular flexibility index (Phi) is 5.41. The zero-order valence-corrected chi connectivity index (χ0v) is 14.4. The van der Waals surface area contributed by atoms with Crippen LogP contribution < -0.4 is 25.0 Å². The van der Waals surface area contributed by atoms with Gasteiger partial charge in [-0.25, -0.2) is 5.43 Å². The number of amides is 2. The summed E-state index contributed by atoms with van der Waals surface area (Å²) in [6.07, 6.45) is 1.21. The highest BCUT2D eigenvalue weighted by molar-refractivity contribution is 6.35. The van der Waals surface area contributed by atoms with Gasteiger partial charge in [0.25, 0.3) is 0 Å². The molecule has 27 heavy (non-hydrogen) atoms. The number of phenols is 1. The van der Waals surface area contributed by atoms with Crippen LogP contribution in [0.3, 0.4) is 0 Å². The number of hydrogen-bond acceptors (Lipinski definition) is 7. The lowest BCUT2D eigenvalue weighted by atomic mass is 10.2. The van der Waals surface area contributed by atoms with E-state index in [4.69, 9.17) is 14.2 Å². The number of fused-ring (bicyclic) bond motifs is 1. The lowest BCUT2D eigenvalue weighted by Gasteiger charge is -2.06. The first-order valence-corrected chi connectivity index (χ1v) is 7.94. The van der Waals surface area contributed by atoms with Crippen molar-refractivity contribution in [3.05, 3.63) is 47.5 Å². The van der Waals surface area contributed by atoms with Crippen LogP contribution in [0.15, 0.2) is 41.5 Å². The summed E-state index contributed by atoms with van der Waals surface area (Å²) in [6, 6.07) is 10.0.